The third-order valence-electron chi connectivity index (χ3n) is 3.12. The molecular formula is C17H21NO3. The van der Waals surface area contributed by atoms with Crippen LogP contribution in [0.15, 0.2) is 42.5 Å². The first kappa shape index (κ1) is 15.0. The van der Waals surface area contributed by atoms with Crippen LogP contribution in [0.25, 0.3) is 0 Å². The lowest BCUT2D eigenvalue weighted by molar-refractivity contribution is 0.311. The Morgan fingerprint density at radius 1 is 0.905 bits per heavy atom. The second-order valence-electron chi connectivity index (χ2n) is 4.50. The molecule has 0 saturated carbocycles. The molecule has 1 N–H and O–H groups in total. The summed E-state index contributed by atoms with van der Waals surface area (Å²) in [5.74, 6) is 2.36. The van der Waals surface area contributed by atoms with Crippen LogP contribution in [0.3, 0.4) is 0 Å². The summed E-state index contributed by atoms with van der Waals surface area (Å²) in [6.07, 6.45) is 0. The van der Waals surface area contributed by atoms with Crippen molar-refractivity contribution in [1.29, 1.82) is 0 Å². The summed E-state index contributed by atoms with van der Waals surface area (Å²) in [6.45, 7) is 3.30. The van der Waals surface area contributed by atoms with Crippen molar-refractivity contribution in [2.75, 3.05) is 26.1 Å². The molecule has 4 heteroatoms. The Balaban J connectivity index is 2.03. The molecular weight excluding hydrogens is 266 g/mol. The average molecular weight is 287 g/mol. The predicted molar refractivity (Wildman–Crippen MR) is 84.5 cm³/mol. The van der Waals surface area contributed by atoms with Crippen LogP contribution in [0.2, 0.25) is 0 Å². The molecule has 2 rings (SSSR count). The van der Waals surface area contributed by atoms with Crippen LogP contribution in [0.5, 0.6) is 17.2 Å². The molecule has 2 aromatic rings. The largest absolute Gasteiger partial charge is 0.497 e. The summed E-state index contributed by atoms with van der Waals surface area (Å²) >= 11 is 0. The van der Waals surface area contributed by atoms with Gasteiger partial charge in [0.15, 0.2) is 11.5 Å². The monoisotopic (exact) mass is 287 g/mol. The van der Waals surface area contributed by atoms with E-state index in [1.54, 1.807) is 14.2 Å². The third-order valence-corrected chi connectivity index (χ3v) is 3.12. The van der Waals surface area contributed by atoms with Crippen LogP contribution in [0, 0.1) is 0 Å². The molecule has 0 aliphatic rings. The standard InChI is InChI=1S/C17H21NO3/c1-4-21-17-11-14(7-10-16(17)20-3)18-12-13-5-8-15(19-2)9-6-13/h5-11,18H,4,12H2,1-3H3. The van der Waals surface area contributed by atoms with E-state index in [2.05, 4.69) is 5.32 Å². The van der Waals surface area contributed by atoms with Gasteiger partial charge in [0, 0.05) is 18.3 Å². The number of anilines is 1. The zero-order chi connectivity index (χ0) is 15.1. The van der Waals surface area contributed by atoms with Crippen molar-refractivity contribution in [3.63, 3.8) is 0 Å². The summed E-state index contributed by atoms with van der Waals surface area (Å²) in [6, 6.07) is 13.8. The van der Waals surface area contributed by atoms with Gasteiger partial charge in [0.2, 0.25) is 0 Å². The van der Waals surface area contributed by atoms with Crippen LogP contribution in [0.4, 0.5) is 5.69 Å². The highest BCUT2D eigenvalue weighted by atomic mass is 16.5. The normalized spacial score (nSPS) is 10.0. The molecule has 0 aliphatic carbocycles. The third kappa shape index (κ3) is 4.05. The Hall–Kier alpha value is -2.36. The second-order valence-corrected chi connectivity index (χ2v) is 4.50. The van der Waals surface area contributed by atoms with E-state index in [0.29, 0.717) is 6.61 Å². The maximum atomic E-state index is 5.57. The molecule has 0 amide bonds. The maximum absolute atomic E-state index is 5.57. The molecule has 0 fully saturated rings. The number of methoxy groups -OCH3 is 2. The van der Waals surface area contributed by atoms with E-state index in [-0.39, 0.29) is 0 Å². The summed E-state index contributed by atoms with van der Waals surface area (Å²) in [4.78, 5) is 0. The first-order chi connectivity index (χ1) is 10.3. The van der Waals surface area contributed by atoms with Gasteiger partial charge in [-0.1, -0.05) is 12.1 Å². The number of hydrogen-bond donors (Lipinski definition) is 1. The topological polar surface area (TPSA) is 39.7 Å². The van der Waals surface area contributed by atoms with Crippen LogP contribution in [-0.2, 0) is 6.54 Å². The minimum absolute atomic E-state index is 0.609. The molecule has 0 bridgehead atoms. The first-order valence-electron chi connectivity index (χ1n) is 6.94. The van der Waals surface area contributed by atoms with Crippen LogP contribution < -0.4 is 19.5 Å². The SMILES string of the molecule is CCOc1cc(NCc2ccc(OC)cc2)ccc1OC. The molecule has 112 valence electrons. The zero-order valence-corrected chi connectivity index (χ0v) is 12.7. The van der Waals surface area contributed by atoms with Crippen LogP contribution in [-0.4, -0.2) is 20.8 Å². The summed E-state index contributed by atoms with van der Waals surface area (Å²) in [5, 5.41) is 3.37. The van der Waals surface area contributed by atoms with E-state index in [1.165, 1.54) is 5.56 Å². The fraction of sp³-hybridized carbons (Fsp3) is 0.294. The fourth-order valence-electron chi connectivity index (χ4n) is 2.00. The number of benzene rings is 2. The van der Waals surface area contributed by atoms with Crippen molar-refractivity contribution in [2.24, 2.45) is 0 Å². The van der Waals surface area contributed by atoms with Gasteiger partial charge in [-0.15, -0.1) is 0 Å². The first-order valence-corrected chi connectivity index (χ1v) is 6.94. The van der Waals surface area contributed by atoms with E-state index in [1.807, 2.05) is 49.4 Å². The molecule has 0 aromatic heterocycles. The van der Waals surface area contributed by atoms with Gasteiger partial charge in [-0.3, -0.25) is 0 Å². The van der Waals surface area contributed by atoms with Gasteiger partial charge in [-0.05, 0) is 36.8 Å². The highest BCUT2D eigenvalue weighted by Gasteiger charge is 2.05. The lowest BCUT2D eigenvalue weighted by Gasteiger charge is -2.12. The fourth-order valence-corrected chi connectivity index (χ4v) is 2.00. The second kappa shape index (κ2) is 7.43. The molecule has 0 aliphatic heterocycles. The molecule has 0 atom stereocenters. The molecule has 0 heterocycles. The number of ether oxygens (including phenoxy) is 3. The number of rotatable bonds is 7. The minimum atomic E-state index is 0.609. The molecule has 2 aromatic carbocycles. The Morgan fingerprint density at radius 3 is 2.29 bits per heavy atom. The van der Waals surface area contributed by atoms with Crippen molar-refractivity contribution in [1.82, 2.24) is 0 Å². The van der Waals surface area contributed by atoms with Gasteiger partial charge in [0.1, 0.15) is 5.75 Å². The van der Waals surface area contributed by atoms with Crippen LogP contribution in [0.1, 0.15) is 12.5 Å². The van der Waals surface area contributed by atoms with E-state index < -0.39 is 0 Å². The van der Waals surface area contributed by atoms with E-state index >= 15 is 0 Å². The zero-order valence-electron chi connectivity index (χ0n) is 12.7. The molecule has 21 heavy (non-hydrogen) atoms. The van der Waals surface area contributed by atoms with Crippen molar-refractivity contribution >= 4 is 5.69 Å². The Kier molecular flexibility index (Phi) is 5.32. The van der Waals surface area contributed by atoms with Crippen molar-refractivity contribution in [2.45, 2.75) is 13.5 Å². The highest BCUT2D eigenvalue weighted by molar-refractivity contribution is 5.55. The quantitative estimate of drug-likeness (QED) is 0.842. The smallest absolute Gasteiger partial charge is 0.163 e. The number of hydrogen-bond acceptors (Lipinski definition) is 4. The number of nitrogens with one attached hydrogen (secondary N) is 1. The lowest BCUT2D eigenvalue weighted by atomic mass is 10.2. The van der Waals surface area contributed by atoms with Gasteiger partial charge in [-0.25, -0.2) is 0 Å². The van der Waals surface area contributed by atoms with Crippen molar-refractivity contribution in [3.05, 3.63) is 48.0 Å². The van der Waals surface area contributed by atoms with Gasteiger partial charge >= 0.3 is 0 Å². The van der Waals surface area contributed by atoms with Crippen LogP contribution >= 0.6 is 0 Å². The molecule has 4 nitrogen and oxygen atoms in total. The highest BCUT2D eigenvalue weighted by Crippen LogP contribution is 2.30. The van der Waals surface area contributed by atoms with Crippen molar-refractivity contribution < 1.29 is 14.2 Å². The molecule has 0 radical (unpaired) electrons. The summed E-state index contributed by atoms with van der Waals surface area (Å²) < 4.78 is 16.0. The van der Waals surface area contributed by atoms with E-state index in [9.17, 15) is 0 Å². The van der Waals surface area contributed by atoms with Gasteiger partial charge in [-0.2, -0.15) is 0 Å². The van der Waals surface area contributed by atoms with E-state index in [4.69, 9.17) is 14.2 Å². The summed E-state index contributed by atoms with van der Waals surface area (Å²) in [7, 11) is 3.31. The molecule has 0 saturated heterocycles. The lowest BCUT2D eigenvalue weighted by Crippen LogP contribution is -2.01. The summed E-state index contributed by atoms with van der Waals surface area (Å²) in [5.41, 5.74) is 2.18. The molecule has 0 unspecified atom stereocenters. The Bertz CT molecular complexity index is 567. The maximum Gasteiger partial charge on any atom is 0.163 e. The van der Waals surface area contributed by atoms with Gasteiger partial charge in [0.25, 0.3) is 0 Å². The van der Waals surface area contributed by atoms with E-state index in [0.717, 1.165) is 29.5 Å². The van der Waals surface area contributed by atoms with Crippen molar-refractivity contribution in [3.8, 4) is 17.2 Å². The minimum Gasteiger partial charge on any atom is -0.497 e. The molecule has 0 spiro atoms. The average Bonchev–Trinajstić information content (AvgIpc) is 2.54. The van der Waals surface area contributed by atoms with Gasteiger partial charge < -0.3 is 19.5 Å². The van der Waals surface area contributed by atoms with Gasteiger partial charge in [0.05, 0.1) is 20.8 Å². The Morgan fingerprint density at radius 2 is 1.67 bits per heavy atom. The predicted octanol–water partition coefficient (Wildman–Crippen LogP) is 3.71. The Labute approximate surface area is 125 Å².